The van der Waals surface area contributed by atoms with Gasteiger partial charge in [0, 0.05) is 0 Å². The summed E-state index contributed by atoms with van der Waals surface area (Å²) in [5.41, 5.74) is -1.50. The molecule has 1 saturated carbocycles. The summed E-state index contributed by atoms with van der Waals surface area (Å²) >= 11 is 0. The molecule has 2 fully saturated rings. The molecule has 1 aliphatic carbocycles. The van der Waals surface area contributed by atoms with Crippen molar-refractivity contribution in [2.45, 2.75) is 31.0 Å². The van der Waals surface area contributed by atoms with E-state index in [0.29, 0.717) is 13.0 Å². The molecule has 0 aromatic heterocycles. The van der Waals surface area contributed by atoms with E-state index in [-0.39, 0.29) is 24.7 Å². The molecule has 0 aromatic rings. The van der Waals surface area contributed by atoms with Crippen LogP contribution in [0.25, 0.3) is 0 Å². The Morgan fingerprint density at radius 3 is 2.17 bits per heavy atom. The third-order valence-corrected chi connectivity index (χ3v) is 2.89. The molecule has 1 N–H and O–H groups in total. The summed E-state index contributed by atoms with van der Waals surface area (Å²) in [4.78, 5) is 0. The van der Waals surface area contributed by atoms with E-state index in [2.05, 4.69) is 5.32 Å². The number of alkyl halides is 3. The van der Waals surface area contributed by atoms with Gasteiger partial charge in [0.2, 0.25) is 0 Å². The number of hydrogen-bond donors (Lipinski definition) is 1. The molecule has 1 saturated heterocycles. The molecule has 1 heterocycles. The van der Waals surface area contributed by atoms with Gasteiger partial charge in [-0.05, 0) is 31.7 Å². The quantitative estimate of drug-likeness (QED) is 0.633. The van der Waals surface area contributed by atoms with Crippen molar-refractivity contribution in [1.82, 2.24) is 5.32 Å². The normalized spacial score (nSPS) is 39.8. The second kappa shape index (κ2) is 2.77. The fourth-order valence-corrected chi connectivity index (χ4v) is 2.18. The lowest BCUT2D eigenvalue weighted by Crippen LogP contribution is -2.52. The molecule has 2 bridgehead atoms. The van der Waals surface area contributed by atoms with Gasteiger partial charge in [-0.25, -0.2) is 0 Å². The minimum absolute atomic E-state index is 0. The molecule has 2 rings (SSSR count). The number of fused-ring (bicyclic) bond motifs is 2. The Bertz CT molecular complexity index is 172. The maximum absolute atomic E-state index is 12.4. The maximum atomic E-state index is 12.4. The Hall–Kier alpha value is 0.0400. The van der Waals surface area contributed by atoms with Gasteiger partial charge in [-0.1, -0.05) is 0 Å². The minimum Gasteiger partial charge on any atom is -0.303 e. The lowest BCUT2D eigenvalue weighted by molar-refractivity contribution is -0.190. The largest absolute Gasteiger partial charge is 0.406 e. The van der Waals surface area contributed by atoms with Gasteiger partial charge < -0.3 is 5.32 Å². The Morgan fingerprint density at radius 1 is 1.33 bits per heavy atom. The Balaban J connectivity index is 0.000000720. The highest BCUT2D eigenvalue weighted by atomic mass is 35.5. The smallest absolute Gasteiger partial charge is 0.303 e. The van der Waals surface area contributed by atoms with Crippen molar-refractivity contribution >= 4 is 12.4 Å². The van der Waals surface area contributed by atoms with E-state index >= 15 is 0 Å². The molecule has 1 aliphatic heterocycles. The van der Waals surface area contributed by atoms with E-state index in [4.69, 9.17) is 0 Å². The molecule has 1 nitrogen and oxygen atoms in total. The highest BCUT2D eigenvalue weighted by Crippen LogP contribution is 2.48. The summed E-state index contributed by atoms with van der Waals surface area (Å²) < 4.78 is 37.1. The van der Waals surface area contributed by atoms with Crippen LogP contribution in [-0.2, 0) is 0 Å². The molecular weight excluding hydrogens is 191 g/mol. The van der Waals surface area contributed by atoms with Crippen molar-refractivity contribution in [3.63, 3.8) is 0 Å². The predicted molar refractivity (Wildman–Crippen MR) is 41.4 cm³/mol. The lowest BCUT2D eigenvalue weighted by atomic mass is 9.99. The summed E-state index contributed by atoms with van der Waals surface area (Å²) in [6, 6.07) is 0. The topological polar surface area (TPSA) is 12.0 Å². The van der Waals surface area contributed by atoms with Gasteiger partial charge in [-0.3, -0.25) is 0 Å². The van der Waals surface area contributed by atoms with Gasteiger partial charge in [0.1, 0.15) is 5.54 Å². The second-order valence-electron chi connectivity index (χ2n) is 3.57. The summed E-state index contributed by atoms with van der Waals surface area (Å²) in [7, 11) is 0. The number of halogens is 4. The number of hydrogen-bond acceptors (Lipinski definition) is 1. The van der Waals surface area contributed by atoms with Gasteiger partial charge in [0.15, 0.2) is 0 Å². The standard InChI is InChI=1S/C7H10F3N.ClH/c8-7(9,10)6-2-1-5(3-6)4-11-6;/h5,11H,1-4H2;1H. The maximum Gasteiger partial charge on any atom is 0.406 e. The average molecular weight is 202 g/mol. The van der Waals surface area contributed by atoms with Gasteiger partial charge in [0.05, 0.1) is 0 Å². The molecule has 2 aliphatic rings. The number of rotatable bonds is 0. The molecule has 72 valence electrons. The first-order valence-electron chi connectivity index (χ1n) is 3.85. The minimum atomic E-state index is -4.04. The predicted octanol–water partition coefficient (Wildman–Crippen LogP) is 2.11. The van der Waals surface area contributed by atoms with Crippen LogP contribution in [0.3, 0.4) is 0 Å². The molecule has 2 atom stereocenters. The highest BCUT2D eigenvalue weighted by Gasteiger charge is 2.61. The number of piperidine rings is 1. The molecule has 0 radical (unpaired) electrons. The zero-order valence-corrected chi connectivity index (χ0v) is 7.26. The van der Waals surface area contributed by atoms with Crippen LogP contribution in [0.1, 0.15) is 19.3 Å². The van der Waals surface area contributed by atoms with Gasteiger partial charge in [-0.2, -0.15) is 13.2 Å². The van der Waals surface area contributed by atoms with E-state index < -0.39 is 11.7 Å². The van der Waals surface area contributed by atoms with Gasteiger partial charge in [-0.15, -0.1) is 12.4 Å². The van der Waals surface area contributed by atoms with E-state index in [1.54, 1.807) is 0 Å². The van der Waals surface area contributed by atoms with Crippen LogP contribution in [-0.4, -0.2) is 18.3 Å². The zero-order valence-electron chi connectivity index (χ0n) is 6.45. The fourth-order valence-electron chi connectivity index (χ4n) is 2.18. The molecular formula is C7H11ClF3N. The van der Waals surface area contributed by atoms with Crippen molar-refractivity contribution in [1.29, 1.82) is 0 Å². The van der Waals surface area contributed by atoms with Gasteiger partial charge in [0.25, 0.3) is 0 Å². The Labute approximate surface area is 75.1 Å². The molecule has 5 heteroatoms. The molecule has 0 aromatic carbocycles. The van der Waals surface area contributed by atoms with E-state index in [9.17, 15) is 13.2 Å². The van der Waals surface area contributed by atoms with Crippen LogP contribution >= 0.6 is 12.4 Å². The van der Waals surface area contributed by atoms with Gasteiger partial charge >= 0.3 is 6.18 Å². The van der Waals surface area contributed by atoms with E-state index in [1.807, 2.05) is 0 Å². The van der Waals surface area contributed by atoms with Crippen LogP contribution in [0.4, 0.5) is 13.2 Å². The first-order valence-corrected chi connectivity index (χ1v) is 3.85. The van der Waals surface area contributed by atoms with Crippen LogP contribution < -0.4 is 5.32 Å². The first-order chi connectivity index (χ1) is 5.04. The molecule has 2 unspecified atom stereocenters. The molecule has 12 heavy (non-hydrogen) atoms. The monoisotopic (exact) mass is 201 g/mol. The third kappa shape index (κ3) is 1.21. The van der Waals surface area contributed by atoms with Crippen LogP contribution in [0.2, 0.25) is 0 Å². The Kier molecular flexibility index (Phi) is 2.34. The summed E-state index contributed by atoms with van der Waals surface area (Å²) in [6.45, 7) is 0.555. The van der Waals surface area contributed by atoms with Crippen molar-refractivity contribution in [2.75, 3.05) is 6.54 Å². The van der Waals surface area contributed by atoms with Crippen molar-refractivity contribution in [3.05, 3.63) is 0 Å². The molecule has 0 spiro atoms. The van der Waals surface area contributed by atoms with Crippen molar-refractivity contribution in [3.8, 4) is 0 Å². The summed E-state index contributed by atoms with van der Waals surface area (Å²) in [5.74, 6) is 0.275. The molecule has 0 amide bonds. The van der Waals surface area contributed by atoms with Crippen molar-refractivity contribution < 1.29 is 13.2 Å². The SMILES string of the molecule is Cl.FC(F)(F)C12CCC(CN1)C2. The second-order valence-corrected chi connectivity index (χ2v) is 3.57. The lowest BCUT2D eigenvalue weighted by Gasteiger charge is -2.30. The summed E-state index contributed by atoms with van der Waals surface area (Å²) in [6.07, 6.45) is -2.72. The zero-order chi connectivity index (χ0) is 8.11. The third-order valence-electron chi connectivity index (χ3n) is 2.89. The van der Waals surface area contributed by atoms with Crippen LogP contribution in [0.5, 0.6) is 0 Å². The fraction of sp³-hybridized carbons (Fsp3) is 1.00. The van der Waals surface area contributed by atoms with Crippen LogP contribution in [0, 0.1) is 5.92 Å². The highest BCUT2D eigenvalue weighted by molar-refractivity contribution is 5.85. The van der Waals surface area contributed by atoms with Crippen LogP contribution in [0.15, 0.2) is 0 Å². The first kappa shape index (κ1) is 10.1. The van der Waals surface area contributed by atoms with E-state index in [0.717, 1.165) is 6.42 Å². The summed E-state index contributed by atoms with van der Waals surface area (Å²) in [5, 5.41) is 2.58. The average Bonchev–Trinajstić information content (AvgIpc) is 2.42. The van der Waals surface area contributed by atoms with Crippen molar-refractivity contribution in [2.24, 2.45) is 5.92 Å². The van der Waals surface area contributed by atoms with E-state index in [1.165, 1.54) is 0 Å². The Morgan fingerprint density at radius 2 is 2.00 bits per heavy atom. The number of nitrogens with one attached hydrogen (secondary N) is 1.